The quantitative estimate of drug-likeness (QED) is 0.117. The van der Waals surface area contributed by atoms with Crippen molar-refractivity contribution in [2.45, 2.75) is 101 Å². The van der Waals surface area contributed by atoms with Crippen LogP contribution in [0.3, 0.4) is 0 Å². The molecule has 0 bridgehead atoms. The Morgan fingerprint density at radius 2 is 1.34 bits per heavy atom. The molecule has 0 unspecified atom stereocenters. The van der Waals surface area contributed by atoms with Gasteiger partial charge in [0.05, 0.1) is 12.0 Å². The van der Waals surface area contributed by atoms with Crippen LogP contribution in [0.2, 0.25) is 0 Å². The number of fused-ring (bicyclic) bond motifs is 1. The molecule has 0 N–H and O–H groups in total. The number of aryl methyl sites for hydroxylation is 1. The van der Waals surface area contributed by atoms with Crippen LogP contribution in [-0.4, -0.2) is 34.4 Å². The van der Waals surface area contributed by atoms with Gasteiger partial charge in [-0.3, -0.25) is 4.79 Å². The zero-order valence-corrected chi connectivity index (χ0v) is 27.3. The second-order valence-electron chi connectivity index (χ2n) is 12.0. The molecule has 0 radical (unpaired) electrons. The zero-order valence-electron chi connectivity index (χ0n) is 26.4. The van der Waals surface area contributed by atoms with E-state index >= 15 is 0 Å². The zero-order chi connectivity index (χ0) is 31.2. The van der Waals surface area contributed by atoms with Gasteiger partial charge in [0.15, 0.2) is 21.3 Å². The lowest BCUT2D eigenvalue weighted by Crippen LogP contribution is -2.02. The summed E-state index contributed by atoms with van der Waals surface area (Å²) < 4.78 is 40.2. The number of ether oxygens (including phenoxy) is 3. The Labute approximate surface area is 264 Å². The molecule has 44 heavy (non-hydrogen) atoms. The molecule has 4 rings (SSSR count). The van der Waals surface area contributed by atoms with Gasteiger partial charge in [-0.05, 0) is 77.9 Å². The van der Waals surface area contributed by atoms with Crippen molar-refractivity contribution < 1.29 is 27.4 Å². The molecule has 0 saturated carbocycles. The van der Waals surface area contributed by atoms with Crippen LogP contribution in [0.5, 0.6) is 17.2 Å². The van der Waals surface area contributed by atoms with E-state index in [9.17, 15) is 13.2 Å². The van der Waals surface area contributed by atoms with E-state index in [2.05, 4.69) is 6.07 Å². The summed E-state index contributed by atoms with van der Waals surface area (Å²) in [5.74, 6) is 2.65. The first kappa shape index (κ1) is 33.6. The lowest BCUT2D eigenvalue weighted by Gasteiger charge is -2.12. The molecule has 3 aromatic carbocycles. The SMILES string of the molecule is COc1cccc(CC(=O)CCCCCCCCCCCCCCc2cc3c(cc2-c2ccc(S(C)(=O)=O)cc2)OCO3)c1. The monoisotopic (exact) mass is 620 g/mol. The van der Waals surface area contributed by atoms with E-state index < -0.39 is 9.84 Å². The first-order valence-electron chi connectivity index (χ1n) is 16.2. The molecule has 1 heterocycles. The largest absolute Gasteiger partial charge is 0.497 e. The molecule has 0 spiro atoms. The van der Waals surface area contributed by atoms with Gasteiger partial charge >= 0.3 is 0 Å². The highest BCUT2D eigenvalue weighted by molar-refractivity contribution is 7.90. The van der Waals surface area contributed by atoms with E-state index in [0.717, 1.165) is 59.6 Å². The van der Waals surface area contributed by atoms with E-state index in [1.807, 2.05) is 42.5 Å². The Hall–Kier alpha value is -3.32. The minimum absolute atomic E-state index is 0.234. The topological polar surface area (TPSA) is 78.9 Å². The summed E-state index contributed by atoms with van der Waals surface area (Å²) >= 11 is 0. The number of Topliss-reactive ketones (excluding diaryl/α,β-unsaturated/α-hetero) is 1. The van der Waals surface area contributed by atoms with Gasteiger partial charge < -0.3 is 14.2 Å². The first-order valence-corrected chi connectivity index (χ1v) is 18.1. The van der Waals surface area contributed by atoms with Crippen molar-refractivity contribution in [1.29, 1.82) is 0 Å². The van der Waals surface area contributed by atoms with Crippen molar-refractivity contribution >= 4 is 15.6 Å². The minimum Gasteiger partial charge on any atom is -0.497 e. The Bertz CT molecular complexity index is 1450. The van der Waals surface area contributed by atoms with Gasteiger partial charge in [0, 0.05) is 19.1 Å². The Morgan fingerprint density at radius 3 is 1.95 bits per heavy atom. The number of hydrogen-bond acceptors (Lipinski definition) is 6. The van der Waals surface area contributed by atoms with Crippen LogP contribution < -0.4 is 14.2 Å². The Kier molecular flexibility index (Phi) is 13.2. The van der Waals surface area contributed by atoms with Gasteiger partial charge in [0.25, 0.3) is 0 Å². The van der Waals surface area contributed by atoms with E-state index in [1.54, 1.807) is 19.2 Å². The maximum atomic E-state index is 12.3. The van der Waals surface area contributed by atoms with E-state index in [4.69, 9.17) is 14.2 Å². The summed E-state index contributed by atoms with van der Waals surface area (Å²) in [6, 6.07) is 19.0. The van der Waals surface area contributed by atoms with Crippen LogP contribution in [0.1, 0.15) is 94.6 Å². The number of methoxy groups -OCH3 is 1. The first-order chi connectivity index (χ1) is 21.3. The molecule has 0 atom stereocenters. The highest BCUT2D eigenvalue weighted by Crippen LogP contribution is 2.39. The van der Waals surface area contributed by atoms with Crippen LogP contribution in [0.15, 0.2) is 65.6 Å². The number of carbonyl (C=O) groups excluding carboxylic acids is 1. The predicted octanol–water partition coefficient (Wildman–Crippen LogP) is 8.92. The molecule has 0 aromatic heterocycles. The van der Waals surface area contributed by atoms with Crippen LogP contribution in [0, 0.1) is 0 Å². The van der Waals surface area contributed by atoms with Crippen molar-refractivity contribution in [1.82, 2.24) is 0 Å². The van der Waals surface area contributed by atoms with Gasteiger partial charge in [-0.2, -0.15) is 0 Å². The third kappa shape index (κ3) is 10.7. The fourth-order valence-electron chi connectivity index (χ4n) is 5.85. The van der Waals surface area contributed by atoms with Gasteiger partial charge in [0.1, 0.15) is 11.5 Å². The molecule has 1 aliphatic heterocycles. The smallest absolute Gasteiger partial charge is 0.231 e. The van der Waals surface area contributed by atoms with Crippen molar-refractivity contribution in [3.63, 3.8) is 0 Å². The number of sulfone groups is 1. The highest BCUT2D eigenvalue weighted by atomic mass is 32.2. The maximum Gasteiger partial charge on any atom is 0.231 e. The molecule has 7 heteroatoms. The molecule has 0 fully saturated rings. The third-order valence-electron chi connectivity index (χ3n) is 8.38. The fourth-order valence-corrected chi connectivity index (χ4v) is 6.48. The number of benzene rings is 3. The van der Waals surface area contributed by atoms with Crippen molar-refractivity contribution in [2.24, 2.45) is 0 Å². The summed E-state index contributed by atoms with van der Waals surface area (Å²) in [5, 5.41) is 0. The number of unbranched alkanes of at least 4 members (excludes halogenated alkanes) is 11. The molecular weight excluding hydrogens is 572 g/mol. The lowest BCUT2D eigenvalue weighted by molar-refractivity contribution is -0.118. The van der Waals surface area contributed by atoms with E-state index in [1.165, 1.54) is 69.6 Å². The van der Waals surface area contributed by atoms with E-state index in [0.29, 0.717) is 23.5 Å². The number of rotatable bonds is 20. The van der Waals surface area contributed by atoms with Crippen molar-refractivity contribution in [3.8, 4) is 28.4 Å². The molecule has 1 aliphatic rings. The lowest BCUT2D eigenvalue weighted by atomic mass is 9.94. The van der Waals surface area contributed by atoms with Gasteiger partial charge in [-0.1, -0.05) is 88.5 Å². The van der Waals surface area contributed by atoms with Crippen LogP contribution >= 0.6 is 0 Å². The third-order valence-corrected chi connectivity index (χ3v) is 9.51. The molecule has 3 aromatic rings. The van der Waals surface area contributed by atoms with Crippen LogP contribution in [0.4, 0.5) is 0 Å². The standard InChI is InChI=1S/C37H48O6S/c1-41-33-19-15-16-29(25-33)24-32(38)18-14-12-10-8-6-4-3-5-7-9-11-13-17-31-26-36-37(43-28-42-36)27-35(31)30-20-22-34(23-21-30)44(2,39)40/h15-16,19-23,25-27H,3-14,17-18,24,28H2,1-2H3. The summed E-state index contributed by atoms with van der Waals surface area (Å²) in [6.07, 6.45) is 18.0. The average Bonchev–Trinajstić information content (AvgIpc) is 3.48. The second kappa shape index (κ2) is 17.2. The van der Waals surface area contributed by atoms with Crippen LogP contribution in [0.25, 0.3) is 11.1 Å². The normalized spacial score (nSPS) is 12.4. The fraction of sp³-hybridized carbons (Fsp3) is 0.486. The molecule has 6 nitrogen and oxygen atoms in total. The number of ketones is 1. The molecule has 0 aliphatic carbocycles. The number of carbonyl (C=O) groups is 1. The predicted molar refractivity (Wildman–Crippen MR) is 177 cm³/mol. The Morgan fingerprint density at radius 1 is 0.750 bits per heavy atom. The van der Waals surface area contributed by atoms with Gasteiger partial charge in [0.2, 0.25) is 6.79 Å². The molecule has 0 amide bonds. The summed E-state index contributed by atoms with van der Waals surface area (Å²) in [7, 11) is -1.58. The molecule has 0 saturated heterocycles. The minimum atomic E-state index is -3.23. The summed E-state index contributed by atoms with van der Waals surface area (Å²) in [5.41, 5.74) is 4.31. The van der Waals surface area contributed by atoms with E-state index in [-0.39, 0.29) is 6.79 Å². The van der Waals surface area contributed by atoms with Gasteiger partial charge in [-0.15, -0.1) is 0 Å². The average molecular weight is 621 g/mol. The molecule has 238 valence electrons. The highest BCUT2D eigenvalue weighted by Gasteiger charge is 2.18. The van der Waals surface area contributed by atoms with Crippen LogP contribution in [-0.2, 0) is 27.5 Å². The van der Waals surface area contributed by atoms with Crippen molar-refractivity contribution in [2.75, 3.05) is 20.2 Å². The second-order valence-corrected chi connectivity index (χ2v) is 14.0. The Balaban J connectivity index is 1.05. The summed E-state index contributed by atoms with van der Waals surface area (Å²) in [6.45, 7) is 0.234. The van der Waals surface area contributed by atoms with Gasteiger partial charge in [-0.25, -0.2) is 8.42 Å². The maximum absolute atomic E-state index is 12.3. The van der Waals surface area contributed by atoms with Crippen molar-refractivity contribution in [3.05, 3.63) is 71.8 Å². The number of hydrogen-bond donors (Lipinski definition) is 0. The summed E-state index contributed by atoms with van der Waals surface area (Å²) in [4.78, 5) is 12.6. The molecular formula is C37H48O6S.